The SMILES string of the molecule is CC(C)CC/C=C(/CO)c1ccc(S(C)(=O)=O)cc1. The predicted molar refractivity (Wildman–Crippen MR) is 78.7 cm³/mol. The third-order valence-corrected chi connectivity index (χ3v) is 4.09. The zero-order valence-corrected chi connectivity index (χ0v) is 12.6. The number of rotatable bonds is 6. The second kappa shape index (κ2) is 6.87. The van der Waals surface area contributed by atoms with Gasteiger partial charge in [-0.25, -0.2) is 8.42 Å². The van der Waals surface area contributed by atoms with Crippen molar-refractivity contribution >= 4 is 15.4 Å². The Kier molecular flexibility index (Phi) is 5.76. The van der Waals surface area contributed by atoms with Crippen LogP contribution in [0, 0.1) is 5.92 Å². The number of benzene rings is 1. The number of aliphatic hydroxyl groups is 1. The molecule has 19 heavy (non-hydrogen) atoms. The van der Waals surface area contributed by atoms with E-state index in [0.29, 0.717) is 10.8 Å². The van der Waals surface area contributed by atoms with Gasteiger partial charge in [-0.3, -0.25) is 0 Å². The van der Waals surface area contributed by atoms with Gasteiger partial charge in [0.05, 0.1) is 11.5 Å². The molecule has 0 aliphatic rings. The van der Waals surface area contributed by atoms with Crippen molar-refractivity contribution in [3.63, 3.8) is 0 Å². The van der Waals surface area contributed by atoms with Crippen molar-refractivity contribution in [2.75, 3.05) is 12.9 Å². The molecule has 1 aromatic rings. The Morgan fingerprint density at radius 1 is 1.26 bits per heavy atom. The van der Waals surface area contributed by atoms with E-state index < -0.39 is 9.84 Å². The fraction of sp³-hybridized carbons (Fsp3) is 0.467. The lowest BCUT2D eigenvalue weighted by Gasteiger charge is -2.07. The van der Waals surface area contributed by atoms with Crippen LogP contribution in [0.15, 0.2) is 35.2 Å². The summed E-state index contributed by atoms with van der Waals surface area (Å²) in [7, 11) is -3.16. The summed E-state index contributed by atoms with van der Waals surface area (Å²) in [4.78, 5) is 0.302. The normalized spacial score (nSPS) is 13.0. The molecule has 0 saturated carbocycles. The topological polar surface area (TPSA) is 54.4 Å². The van der Waals surface area contributed by atoms with Gasteiger partial charge in [-0.15, -0.1) is 0 Å². The molecule has 0 spiro atoms. The fourth-order valence-electron chi connectivity index (χ4n) is 1.78. The first-order valence-corrected chi connectivity index (χ1v) is 8.34. The average molecular weight is 282 g/mol. The highest BCUT2D eigenvalue weighted by Gasteiger charge is 2.07. The summed E-state index contributed by atoms with van der Waals surface area (Å²) in [6, 6.07) is 6.65. The molecule has 0 unspecified atom stereocenters. The Morgan fingerprint density at radius 3 is 2.26 bits per heavy atom. The minimum absolute atomic E-state index is 0.0314. The summed E-state index contributed by atoms with van der Waals surface area (Å²) >= 11 is 0. The molecule has 0 atom stereocenters. The molecule has 1 aromatic carbocycles. The summed E-state index contributed by atoms with van der Waals surface area (Å²) < 4.78 is 22.7. The predicted octanol–water partition coefficient (Wildman–Crippen LogP) is 2.90. The van der Waals surface area contributed by atoms with E-state index in [4.69, 9.17) is 0 Å². The Labute approximate surface area is 115 Å². The van der Waals surface area contributed by atoms with E-state index in [9.17, 15) is 13.5 Å². The van der Waals surface area contributed by atoms with Crippen molar-refractivity contribution in [2.24, 2.45) is 5.92 Å². The molecule has 0 radical (unpaired) electrons. The zero-order valence-electron chi connectivity index (χ0n) is 11.8. The van der Waals surface area contributed by atoms with Gasteiger partial charge in [-0.1, -0.05) is 32.1 Å². The summed E-state index contributed by atoms with van der Waals surface area (Å²) in [5.41, 5.74) is 1.72. The highest BCUT2D eigenvalue weighted by molar-refractivity contribution is 7.90. The van der Waals surface area contributed by atoms with Gasteiger partial charge in [0.1, 0.15) is 0 Å². The molecule has 0 bridgehead atoms. The Hall–Kier alpha value is -1.13. The van der Waals surface area contributed by atoms with Crippen molar-refractivity contribution in [1.29, 1.82) is 0 Å². The summed E-state index contributed by atoms with van der Waals surface area (Å²) in [6.45, 7) is 4.29. The van der Waals surface area contributed by atoms with Crippen molar-refractivity contribution in [3.05, 3.63) is 35.9 Å². The lowest BCUT2D eigenvalue weighted by Crippen LogP contribution is -1.98. The molecule has 1 rings (SSSR count). The molecule has 3 nitrogen and oxygen atoms in total. The van der Waals surface area contributed by atoms with Gasteiger partial charge in [-0.05, 0) is 42.0 Å². The molecule has 0 aromatic heterocycles. The van der Waals surface area contributed by atoms with Crippen LogP contribution in [-0.2, 0) is 9.84 Å². The first-order valence-electron chi connectivity index (χ1n) is 6.45. The maximum atomic E-state index is 11.4. The van der Waals surface area contributed by atoms with Crippen LogP contribution in [-0.4, -0.2) is 26.4 Å². The molecule has 0 amide bonds. The molecular formula is C15H22O3S. The number of allylic oxidation sites excluding steroid dienone is 1. The lowest BCUT2D eigenvalue weighted by atomic mass is 10.0. The monoisotopic (exact) mass is 282 g/mol. The van der Waals surface area contributed by atoms with Crippen LogP contribution >= 0.6 is 0 Å². The first kappa shape index (κ1) is 15.9. The minimum atomic E-state index is -3.16. The van der Waals surface area contributed by atoms with Crippen LogP contribution in [0.1, 0.15) is 32.3 Å². The molecule has 0 aliphatic carbocycles. The van der Waals surface area contributed by atoms with Crippen LogP contribution in [0.25, 0.3) is 5.57 Å². The van der Waals surface area contributed by atoms with Crippen LogP contribution in [0.4, 0.5) is 0 Å². The maximum Gasteiger partial charge on any atom is 0.175 e. The van der Waals surface area contributed by atoms with Crippen molar-refractivity contribution in [2.45, 2.75) is 31.6 Å². The zero-order chi connectivity index (χ0) is 14.5. The average Bonchev–Trinajstić information content (AvgIpc) is 2.33. The lowest BCUT2D eigenvalue weighted by molar-refractivity contribution is 0.349. The van der Waals surface area contributed by atoms with Gasteiger partial charge < -0.3 is 5.11 Å². The van der Waals surface area contributed by atoms with E-state index in [-0.39, 0.29) is 6.61 Å². The van der Waals surface area contributed by atoms with E-state index in [0.717, 1.165) is 24.0 Å². The van der Waals surface area contributed by atoms with Crippen LogP contribution in [0.2, 0.25) is 0 Å². The largest absolute Gasteiger partial charge is 0.392 e. The highest BCUT2D eigenvalue weighted by Crippen LogP contribution is 2.19. The maximum absolute atomic E-state index is 11.4. The third kappa shape index (κ3) is 5.17. The van der Waals surface area contributed by atoms with Gasteiger partial charge in [0.2, 0.25) is 0 Å². The number of sulfone groups is 1. The van der Waals surface area contributed by atoms with Crippen LogP contribution < -0.4 is 0 Å². The Bertz CT molecular complexity index is 525. The van der Waals surface area contributed by atoms with Crippen LogP contribution in [0.5, 0.6) is 0 Å². The van der Waals surface area contributed by atoms with E-state index in [2.05, 4.69) is 13.8 Å². The van der Waals surface area contributed by atoms with Gasteiger partial charge in [0, 0.05) is 6.26 Å². The second-order valence-electron chi connectivity index (χ2n) is 5.16. The Balaban J connectivity index is 2.88. The number of aliphatic hydroxyl groups excluding tert-OH is 1. The molecule has 0 aliphatic heterocycles. The molecular weight excluding hydrogens is 260 g/mol. The highest BCUT2D eigenvalue weighted by atomic mass is 32.2. The van der Waals surface area contributed by atoms with E-state index in [1.807, 2.05) is 6.08 Å². The standard InChI is InChI=1S/C15H22O3S/c1-12(2)5-4-6-14(11-16)13-7-9-15(10-8-13)19(3,17)18/h6-10,12,16H,4-5,11H2,1-3H3/b14-6-. The first-order chi connectivity index (χ1) is 8.84. The number of hydrogen-bond donors (Lipinski definition) is 1. The molecule has 1 N–H and O–H groups in total. The molecule has 0 heterocycles. The molecule has 0 fully saturated rings. The summed E-state index contributed by atoms with van der Waals surface area (Å²) in [5, 5.41) is 9.39. The van der Waals surface area contributed by atoms with Crippen molar-refractivity contribution in [1.82, 2.24) is 0 Å². The Morgan fingerprint density at radius 2 is 1.84 bits per heavy atom. The quantitative estimate of drug-likeness (QED) is 0.873. The number of hydrogen-bond acceptors (Lipinski definition) is 3. The van der Waals surface area contributed by atoms with Gasteiger partial charge in [0.15, 0.2) is 9.84 Å². The molecule has 106 valence electrons. The van der Waals surface area contributed by atoms with Crippen molar-refractivity contribution < 1.29 is 13.5 Å². The fourth-order valence-corrected chi connectivity index (χ4v) is 2.41. The van der Waals surface area contributed by atoms with E-state index in [1.165, 1.54) is 6.26 Å². The van der Waals surface area contributed by atoms with E-state index >= 15 is 0 Å². The van der Waals surface area contributed by atoms with E-state index in [1.54, 1.807) is 24.3 Å². The van der Waals surface area contributed by atoms with Gasteiger partial charge in [-0.2, -0.15) is 0 Å². The van der Waals surface area contributed by atoms with Crippen LogP contribution in [0.3, 0.4) is 0 Å². The summed E-state index contributed by atoms with van der Waals surface area (Å²) in [5.74, 6) is 0.629. The second-order valence-corrected chi connectivity index (χ2v) is 7.17. The molecule has 4 heteroatoms. The van der Waals surface area contributed by atoms with Crippen molar-refractivity contribution in [3.8, 4) is 0 Å². The van der Waals surface area contributed by atoms with Gasteiger partial charge >= 0.3 is 0 Å². The smallest absolute Gasteiger partial charge is 0.175 e. The molecule has 0 saturated heterocycles. The minimum Gasteiger partial charge on any atom is -0.392 e. The summed E-state index contributed by atoms with van der Waals surface area (Å²) in [6.07, 6.45) is 5.20. The third-order valence-electron chi connectivity index (χ3n) is 2.96. The van der Waals surface area contributed by atoms with Gasteiger partial charge in [0.25, 0.3) is 0 Å².